The first kappa shape index (κ1) is 15.3. The lowest BCUT2D eigenvalue weighted by Crippen LogP contribution is -2.20. The molecule has 2 rings (SSSR count). The molecule has 20 heavy (non-hydrogen) atoms. The van der Waals surface area contributed by atoms with Gasteiger partial charge in [-0.3, -0.25) is 4.57 Å². The van der Waals surface area contributed by atoms with Crippen LogP contribution in [0.1, 0.15) is 30.7 Å². The van der Waals surface area contributed by atoms with E-state index in [1.807, 2.05) is 38.1 Å². The van der Waals surface area contributed by atoms with Crippen molar-refractivity contribution in [1.29, 1.82) is 0 Å². The molecule has 3 N–H and O–H groups in total. The predicted molar refractivity (Wildman–Crippen MR) is 85.0 cm³/mol. The molecule has 0 fully saturated rings. The van der Waals surface area contributed by atoms with Gasteiger partial charge < -0.3 is 5.73 Å². The molecule has 0 saturated heterocycles. The van der Waals surface area contributed by atoms with Crippen LogP contribution in [-0.2, 0) is 0 Å². The van der Waals surface area contributed by atoms with Crippen molar-refractivity contribution in [1.82, 2.24) is 14.8 Å². The summed E-state index contributed by atoms with van der Waals surface area (Å²) in [6.45, 7) is 4.38. The summed E-state index contributed by atoms with van der Waals surface area (Å²) < 4.78 is 2.65. The van der Waals surface area contributed by atoms with Crippen LogP contribution in [-0.4, -0.2) is 21.3 Å². The molecule has 1 aromatic heterocycles. The fourth-order valence-electron chi connectivity index (χ4n) is 1.93. The van der Waals surface area contributed by atoms with Crippen molar-refractivity contribution in [3.63, 3.8) is 0 Å². The van der Waals surface area contributed by atoms with Gasteiger partial charge in [-0.05, 0) is 25.5 Å². The van der Waals surface area contributed by atoms with Crippen molar-refractivity contribution in [3.05, 3.63) is 44.8 Å². The molecule has 0 aliphatic carbocycles. The molecule has 5 nitrogen and oxygen atoms in total. The van der Waals surface area contributed by atoms with Gasteiger partial charge in [0.05, 0.1) is 5.25 Å². The van der Waals surface area contributed by atoms with E-state index >= 15 is 0 Å². The van der Waals surface area contributed by atoms with Gasteiger partial charge in [0, 0.05) is 17.1 Å². The maximum Gasteiger partial charge on any atom is 0.344 e. The van der Waals surface area contributed by atoms with E-state index in [1.165, 1.54) is 11.8 Å². The highest BCUT2D eigenvalue weighted by molar-refractivity contribution is 9.10. The van der Waals surface area contributed by atoms with Crippen LogP contribution in [0, 0.1) is 0 Å². The number of rotatable bonds is 5. The number of aromatic amines is 1. The minimum Gasteiger partial charge on any atom is -0.329 e. The Morgan fingerprint density at radius 3 is 2.75 bits per heavy atom. The van der Waals surface area contributed by atoms with Crippen molar-refractivity contribution >= 4 is 27.7 Å². The van der Waals surface area contributed by atoms with Crippen LogP contribution in [0.4, 0.5) is 0 Å². The van der Waals surface area contributed by atoms with Gasteiger partial charge in [-0.2, -0.15) is 0 Å². The molecular formula is C13H17BrN4OS. The van der Waals surface area contributed by atoms with Crippen LogP contribution >= 0.6 is 27.7 Å². The highest BCUT2D eigenvalue weighted by Crippen LogP contribution is 2.36. The maximum absolute atomic E-state index is 11.7. The third kappa shape index (κ3) is 3.16. The van der Waals surface area contributed by atoms with Gasteiger partial charge in [-0.25, -0.2) is 9.89 Å². The standard InChI is InChI=1S/C13H17BrN4OS/c1-8(2)18-12(19)16-17-13(18)20-11(7-15)9-5-3-4-6-10(9)14/h3-6,8,11H,7,15H2,1-2H3,(H,16,19). The Kier molecular flexibility index (Phi) is 5.06. The lowest BCUT2D eigenvalue weighted by Gasteiger charge is -2.17. The summed E-state index contributed by atoms with van der Waals surface area (Å²) >= 11 is 5.04. The lowest BCUT2D eigenvalue weighted by atomic mass is 10.1. The molecule has 1 aromatic carbocycles. The molecule has 2 aromatic rings. The van der Waals surface area contributed by atoms with Gasteiger partial charge in [0.15, 0.2) is 5.16 Å². The summed E-state index contributed by atoms with van der Waals surface area (Å²) in [7, 11) is 0. The molecule has 0 aliphatic rings. The monoisotopic (exact) mass is 356 g/mol. The summed E-state index contributed by atoms with van der Waals surface area (Å²) in [5.74, 6) is 0. The summed E-state index contributed by atoms with van der Waals surface area (Å²) in [4.78, 5) is 11.7. The Morgan fingerprint density at radius 2 is 2.15 bits per heavy atom. The van der Waals surface area contributed by atoms with Crippen LogP contribution < -0.4 is 11.4 Å². The number of hydrogen-bond donors (Lipinski definition) is 2. The molecule has 1 heterocycles. The molecule has 1 atom stereocenters. The predicted octanol–water partition coefficient (Wildman–Crippen LogP) is 2.71. The smallest absolute Gasteiger partial charge is 0.329 e. The average Bonchev–Trinajstić information content (AvgIpc) is 2.78. The third-order valence-electron chi connectivity index (χ3n) is 2.90. The fourth-order valence-corrected chi connectivity index (χ4v) is 3.83. The van der Waals surface area contributed by atoms with E-state index in [2.05, 4.69) is 26.1 Å². The number of H-pyrrole nitrogens is 1. The highest BCUT2D eigenvalue weighted by Gasteiger charge is 2.19. The second-order valence-corrected chi connectivity index (χ2v) is 6.66. The first-order valence-electron chi connectivity index (χ1n) is 6.32. The summed E-state index contributed by atoms with van der Waals surface area (Å²) in [5, 5.41) is 7.30. The van der Waals surface area contributed by atoms with E-state index < -0.39 is 0 Å². The first-order valence-corrected chi connectivity index (χ1v) is 8.00. The summed E-state index contributed by atoms with van der Waals surface area (Å²) in [5.41, 5.74) is 6.80. The molecule has 1 unspecified atom stereocenters. The quantitative estimate of drug-likeness (QED) is 0.807. The van der Waals surface area contributed by atoms with E-state index in [4.69, 9.17) is 5.73 Å². The normalized spacial score (nSPS) is 12.8. The molecule has 0 spiro atoms. The van der Waals surface area contributed by atoms with Crippen molar-refractivity contribution in [2.75, 3.05) is 6.54 Å². The lowest BCUT2D eigenvalue weighted by molar-refractivity contribution is 0.533. The zero-order valence-corrected chi connectivity index (χ0v) is 13.7. The molecule has 0 amide bonds. The topological polar surface area (TPSA) is 76.7 Å². The number of benzene rings is 1. The number of hydrogen-bond acceptors (Lipinski definition) is 4. The molecule has 7 heteroatoms. The molecule has 0 saturated carbocycles. The van der Waals surface area contributed by atoms with Gasteiger partial charge in [0.25, 0.3) is 0 Å². The summed E-state index contributed by atoms with van der Waals surface area (Å²) in [6.07, 6.45) is 0. The molecular weight excluding hydrogens is 340 g/mol. The zero-order valence-electron chi connectivity index (χ0n) is 11.3. The average molecular weight is 357 g/mol. The molecule has 0 bridgehead atoms. The molecule has 108 valence electrons. The number of nitrogens with zero attached hydrogens (tertiary/aromatic N) is 2. The van der Waals surface area contributed by atoms with Crippen molar-refractivity contribution in [2.24, 2.45) is 5.73 Å². The van der Waals surface area contributed by atoms with Crippen LogP contribution in [0.5, 0.6) is 0 Å². The Hall–Kier alpha value is -1.05. The van der Waals surface area contributed by atoms with Gasteiger partial charge >= 0.3 is 5.69 Å². The van der Waals surface area contributed by atoms with E-state index in [0.29, 0.717) is 11.7 Å². The van der Waals surface area contributed by atoms with Gasteiger partial charge in [-0.1, -0.05) is 45.9 Å². The largest absolute Gasteiger partial charge is 0.344 e. The van der Waals surface area contributed by atoms with E-state index in [9.17, 15) is 4.79 Å². The number of nitrogens with one attached hydrogen (secondary N) is 1. The highest BCUT2D eigenvalue weighted by atomic mass is 79.9. The van der Waals surface area contributed by atoms with E-state index in [1.54, 1.807) is 4.57 Å². The minimum atomic E-state index is -0.189. The first-order chi connectivity index (χ1) is 9.54. The Balaban J connectivity index is 2.32. The fraction of sp³-hybridized carbons (Fsp3) is 0.385. The second kappa shape index (κ2) is 6.60. The van der Waals surface area contributed by atoms with Gasteiger partial charge in [0.2, 0.25) is 0 Å². The van der Waals surface area contributed by atoms with Crippen molar-refractivity contribution in [3.8, 4) is 0 Å². The van der Waals surface area contributed by atoms with Gasteiger partial charge in [-0.15, -0.1) is 5.10 Å². The van der Waals surface area contributed by atoms with Crippen LogP contribution in [0.25, 0.3) is 0 Å². The summed E-state index contributed by atoms with van der Waals surface area (Å²) in [6, 6.07) is 8.01. The maximum atomic E-state index is 11.7. The van der Waals surface area contributed by atoms with Crippen molar-refractivity contribution in [2.45, 2.75) is 30.3 Å². The van der Waals surface area contributed by atoms with E-state index in [0.717, 1.165) is 10.0 Å². The van der Waals surface area contributed by atoms with E-state index in [-0.39, 0.29) is 17.0 Å². The van der Waals surface area contributed by atoms with Crippen LogP contribution in [0.15, 0.2) is 38.7 Å². The Bertz CT molecular complexity index is 637. The minimum absolute atomic E-state index is 0.0401. The van der Waals surface area contributed by atoms with Crippen molar-refractivity contribution < 1.29 is 0 Å². The van der Waals surface area contributed by atoms with Gasteiger partial charge in [0.1, 0.15) is 0 Å². The number of aromatic nitrogens is 3. The third-order valence-corrected chi connectivity index (χ3v) is 4.85. The SMILES string of the molecule is CC(C)n1c(SC(CN)c2ccccc2Br)n[nH]c1=O. The number of nitrogens with two attached hydrogens (primary N) is 1. The number of thioether (sulfide) groups is 1. The molecule has 0 radical (unpaired) electrons. The Labute approximate surface area is 130 Å². The van der Waals surface area contributed by atoms with Crippen LogP contribution in [0.2, 0.25) is 0 Å². The number of halogens is 1. The Morgan fingerprint density at radius 1 is 1.45 bits per heavy atom. The zero-order chi connectivity index (χ0) is 14.7. The second-order valence-electron chi connectivity index (χ2n) is 4.64. The molecule has 0 aliphatic heterocycles. The van der Waals surface area contributed by atoms with Crippen LogP contribution in [0.3, 0.4) is 0 Å².